The molecule has 0 N–H and O–H groups in total. The lowest BCUT2D eigenvalue weighted by molar-refractivity contribution is 0.0694. The molecule has 0 spiro atoms. The Balaban J connectivity index is 1.51. The molecule has 0 radical (unpaired) electrons. The predicted octanol–water partition coefficient (Wildman–Crippen LogP) is 2.17. The first kappa shape index (κ1) is 15.0. The van der Waals surface area contributed by atoms with Crippen LogP contribution >= 0.6 is 0 Å². The minimum Gasteiger partial charge on any atom is -0.486 e. The molecule has 1 amide bonds. The molecule has 24 heavy (non-hydrogen) atoms. The van der Waals surface area contributed by atoms with Crippen molar-refractivity contribution in [2.75, 3.05) is 26.3 Å². The topological polar surface area (TPSA) is 77.7 Å². The van der Waals surface area contributed by atoms with Gasteiger partial charge < -0.3 is 18.9 Å². The fourth-order valence-corrected chi connectivity index (χ4v) is 3.20. The molecule has 126 valence electrons. The Labute approximate surface area is 139 Å². The SMILES string of the molecule is Cc1noc([C@@H]2CCCN(C(=O)c3ccc4c(c3)OCCO4)C2)n1. The highest BCUT2D eigenvalue weighted by Gasteiger charge is 2.29. The van der Waals surface area contributed by atoms with E-state index in [2.05, 4.69) is 10.1 Å². The van der Waals surface area contributed by atoms with Gasteiger partial charge in [-0.25, -0.2) is 0 Å². The van der Waals surface area contributed by atoms with Crippen LogP contribution in [-0.2, 0) is 0 Å². The van der Waals surface area contributed by atoms with Crippen LogP contribution in [0, 0.1) is 6.92 Å². The number of benzene rings is 1. The third-order valence-corrected chi connectivity index (χ3v) is 4.39. The first-order valence-corrected chi connectivity index (χ1v) is 8.20. The molecule has 0 bridgehead atoms. The Morgan fingerprint density at radius 2 is 2.08 bits per heavy atom. The van der Waals surface area contributed by atoms with Crippen molar-refractivity contribution in [3.8, 4) is 11.5 Å². The number of aryl methyl sites for hydroxylation is 1. The van der Waals surface area contributed by atoms with Gasteiger partial charge in [0.2, 0.25) is 5.89 Å². The summed E-state index contributed by atoms with van der Waals surface area (Å²) in [6.45, 7) is 4.17. The minimum absolute atomic E-state index is 0.00656. The van der Waals surface area contributed by atoms with Gasteiger partial charge in [-0.15, -0.1) is 0 Å². The van der Waals surface area contributed by atoms with Gasteiger partial charge >= 0.3 is 0 Å². The van der Waals surface area contributed by atoms with Crippen LogP contribution in [-0.4, -0.2) is 47.3 Å². The van der Waals surface area contributed by atoms with Crippen molar-refractivity contribution in [2.24, 2.45) is 0 Å². The Hall–Kier alpha value is -2.57. The number of piperidine rings is 1. The molecule has 7 heteroatoms. The third-order valence-electron chi connectivity index (χ3n) is 4.39. The van der Waals surface area contributed by atoms with E-state index in [4.69, 9.17) is 14.0 Å². The van der Waals surface area contributed by atoms with E-state index < -0.39 is 0 Å². The second-order valence-corrected chi connectivity index (χ2v) is 6.13. The van der Waals surface area contributed by atoms with E-state index in [1.54, 1.807) is 25.1 Å². The van der Waals surface area contributed by atoms with Crippen LogP contribution in [0.5, 0.6) is 11.5 Å². The van der Waals surface area contributed by atoms with E-state index in [0.717, 1.165) is 19.4 Å². The molecule has 0 aliphatic carbocycles. The summed E-state index contributed by atoms with van der Waals surface area (Å²) in [5.74, 6) is 2.66. The summed E-state index contributed by atoms with van der Waals surface area (Å²) in [5, 5.41) is 3.85. The zero-order valence-corrected chi connectivity index (χ0v) is 13.5. The molecular weight excluding hydrogens is 310 g/mol. The molecule has 1 aromatic carbocycles. The van der Waals surface area contributed by atoms with Gasteiger partial charge in [0.1, 0.15) is 13.2 Å². The van der Waals surface area contributed by atoms with Gasteiger partial charge in [0.05, 0.1) is 5.92 Å². The number of nitrogens with zero attached hydrogens (tertiary/aromatic N) is 3. The summed E-state index contributed by atoms with van der Waals surface area (Å²) < 4.78 is 16.3. The van der Waals surface area contributed by atoms with Crippen molar-refractivity contribution in [1.82, 2.24) is 15.0 Å². The molecule has 1 atom stereocenters. The largest absolute Gasteiger partial charge is 0.486 e. The molecule has 1 saturated heterocycles. The predicted molar refractivity (Wildman–Crippen MR) is 84.3 cm³/mol. The molecule has 4 rings (SSSR count). The fourth-order valence-electron chi connectivity index (χ4n) is 3.20. The number of amides is 1. The second-order valence-electron chi connectivity index (χ2n) is 6.13. The maximum Gasteiger partial charge on any atom is 0.254 e. The molecule has 7 nitrogen and oxygen atoms in total. The average molecular weight is 329 g/mol. The number of rotatable bonds is 2. The monoisotopic (exact) mass is 329 g/mol. The Kier molecular flexibility index (Phi) is 3.84. The van der Waals surface area contributed by atoms with Crippen molar-refractivity contribution in [1.29, 1.82) is 0 Å². The van der Waals surface area contributed by atoms with Gasteiger partial charge in [0, 0.05) is 18.7 Å². The highest BCUT2D eigenvalue weighted by molar-refractivity contribution is 5.95. The molecule has 2 aromatic rings. The van der Waals surface area contributed by atoms with E-state index >= 15 is 0 Å². The highest BCUT2D eigenvalue weighted by Crippen LogP contribution is 2.32. The third kappa shape index (κ3) is 2.81. The van der Waals surface area contributed by atoms with Crippen LogP contribution in [0.25, 0.3) is 0 Å². The van der Waals surface area contributed by atoms with Crippen LogP contribution in [0.15, 0.2) is 22.7 Å². The van der Waals surface area contributed by atoms with Crippen LogP contribution < -0.4 is 9.47 Å². The fraction of sp³-hybridized carbons (Fsp3) is 0.471. The smallest absolute Gasteiger partial charge is 0.254 e. The zero-order valence-electron chi connectivity index (χ0n) is 13.5. The lowest BCUT2D eigenvalue weighted by atomic mass is 9.97. The Morgan fingerprint density at radius 1 is 1.25 bits per heavy atom. The van der Waals surface area contributed by atoms with E-state index in [0.29, 0.717) is 48.5 Å². The van der Waals surface area contributed by atoms with Crippen molar-refractivity contribution in [3.63, 3.8) is 0 Å². The van der Waals surface area contributed by atoms with E-state index in [1.807, 2.05) is 4.90 Å². The van der Waals surface area contributed by atoms with Crippen LogP contribution in [0.2, 0.25) is 0 Å². The van der Waals surface area contributed by atoms with Crippen LogP contribution in [0.4, 0.5) is 0 Å². The average Bonchev–Trinajstić information content (AvgIpc) is 3.07. The van der Waals surface area contributed by atoms with Gasteiger partial charge in [0.25, 0.3) is 5.91 Å². The van der Waals surface area contributed by atoms with Gasteiger partial charge in [-0.05, 0) is 38.0 Å². The molecule has 0 unspecified atom stereocenters. The van der Waals surface area contributed by atoms with E-state index in [9.17, 15) is 4.79 Å². The quantitative estimate of drug-likeness (QED) is 0.840. The van der Waals surface area contributed by atoms with Crippen LogP contribution in [0.3, 0.4) is 0 Å². The molecular formula is C17H19N3O4. The Bertz CT molecular complexity index is 758. The lowest BCUT2D eigenvalue weighted by Gasteiger charge is -2.31. The number of hydrogen-bond acceptors (Lipinski definition) is 6. The normalized spacial score (nSPS) is 20.0. The van der Waals surface area contributed by atoms with Gasteiger partial charge in [0.15, 0.2) is 17.3 Å². The first-order valence-electron chi connectivity index (χ1n) is 8.20. The molecule has 0 saturated carbocycles. The zero-order chi connectivity index (χ0) is 16.5. The Morgan fingerprint density at radius 3 is 2.88 bits per heavy atom. The van der Waals surface area contributed by atoms with Crippen molar-refractivity contribution in [2.45, 2.75) is 25.7 Å². The van der Waals surface area contributed by atoms with E-state index in [1.165, 1.54) is 0 Å². The molecule has 2 aliphatic heterocycles. The molecule has 2 aliphatic rings. The lowest BCUT2D eigenvalue weighted by Crippen LogP contribution is -2.39. The number of likely N-dealkylation sites (tertiary alicyclic amines) is 1. The summed E-state index contributed by atoms with van der Waals surface area (Å²) in [6.07, 6.45) is 1.87. The maximum atomic E-state index is 12.8. The summed E-state index contributed by atoms with van der Waals surface area (Å²) in [6, 6.07) is 5.35. The van der Waals surface area contributed by atoms with Gasteiger partial charge in [-0.1, -0.05) is 5.16 Å². The second kappa shape index (κ2) is 6.14. The summed E-state index contributed by atoms with van der Waals surface area (Å²) in [4.78, 5) is 19.0. The van der Waals surface area contributed by atoms with Crippen molar-refractivity contribution in [3.05, 3.63) is 35.5 Å². The number of ether oxygens (including phenoxy) is 2. The van der Waals surface area contributed by atoms with Gasteiger partial charge in [-0.2, -0.15) is 4.98 Å². The van der Waals surface area contributed by atoms with Crippen molar-refractivity contribution < 1.29 is 18.8 Å². The molecule has 1 fully saturated rings. The molecule has 3 heterocycles. The maximum absolute atomic E-state index is 12.8. The minimum atomic E-state index is -0.00656. The highest BCUT2D eigenvalue weighted by atomic mass is 16.6. The molecule has 1 aromatic heterocycles. The number of hydrogen-bond donors (Lipinski definition) is 0. The first-order chi connectivity index (χ1) is 11.7. The van der Waals surface area contributed by atoms with E-state index in [-0.39, 0.29) is 11.8 Å². The standard InChI is InChI=1S/C17H19N3O4/c1-11-18-16(24-19-11)13-3-2-6-20(10-13)17(21)12-4-5-14-15(9-12)23-8-7-22-14/h4-5,9,13H,2-3,6-8,10H2,1H3/t13-/m1/s1. The number of aromatic nitrogens is 2. The number of fused-ring (bicyclic) bond motifs is 1. The summed E-state index contributed by atoms with van der Waals surface area (Å²) in [5.41, 5.74) is 0.613. The van der Waals surface area contributed by atoms with Crippen molar-refractivity contribution >= 4 is 5.91 Å². The van der Waals surface area contributed by atoms with Crippen LogP contribution in [0.1, 0.15) is 40.8 Å². The van der Waals surface area contributed by atoms with Gasteiger partial charge in [-0.3, -0.25) is 4.79 Å². The number of carbonyl (C=O) groups excluding carboxylic acids is 1. The summed E-state index contributed by atoms with van der Waals surface area (Å²) in [7, 11) is 0. The summed E-state index contributed by atoms with van der Waals surface area (Å²) >= 11 is 0. The number of carbonyl (C=O) groups is 1.